The van der Waals surface area contributed by atoms with Crippen molar-refractivity contribution in [2.24, 2.45) is 11.8 Å². The molecule has 0 N–H and O–H groups in total. The fourth-order valence-corrected chi connectivity index (χ4v) is 4.92. The molecular weight excluding hydrogens is 342 g/mol. The molecular formula is C21H31N3O3. The minimum absolute atomic E-state index is 0.0366. The predicted octanol–water partition coefficient (Wildman–Crippen LogP) is 2.91. The van der Waals surface area contributed by atoms with Crippen LogP contribution < -0.4 is 0 Å². The third-order valence-electron chi connectivity index (χ3n) is 6.86. The lowest BCUT2D eigenvalue weighted by Gasteiger charge is -2.59. The van der Waals surface area contributed by atoms with Gasteiger partial charge in [-0.25, -0.2) is 0 Å². The summed E-state index contributed by atoms with van der Waals surface area (Å²) in [6.45, 7) is 7.72. The molecule has 0 bridgehead atoms. The van der Waals surface area contributed by atoms with Gasteiger partial charge in [-0.1, -0.05) is 5.16 Å². The van der Waals surface area contributed by atoms with Crippen LogP contribution in [0.15, 0.2) is 10.6 Å². The topological polar surface area (TPSA) is 58.8 Å². The first-order valence-electron chi connectivity index (χ1n) is 10.8. The van der Waals surface area contributed by atoms with E-state index in [2.05, 4.69) is 17.0 Å². The van der Waals surface area contributed by atoms with Crippen molar-refractivity contribution >= 4 is 5.91 Å². The summed E-state index contributed by atoms with van der Waals surface area (Å²) in [7, 11) is 0. The molecule has 4 fully saturated rings. The van der Waals surface area contributed by atoms with Crippen LogP contribution in [0.1, 0.15) is 67.6 Å². The van der Waals surface area contributed by atoms with Crippen LogP contribution >= 0.6 is 0 Å². The molecule has 3 heterocycles. The average Bonchev–Trinajstić information content (AvgIpc) is 3.58. The number of aromatic nitrogens is 1. The van der Waals surface area contributed by atoms with Gasteiger partial charge < -0.3 is 14.2 Å². The largest absolute Gasteiger partial charge is 0.381 e. The van der Waals surface area contributed by atoms with Crippen LogP contribution in [0.25, 0.3) is 0 Å². The van der Waals surface area contributed by atoms with Gasteiger partial charge in [0.25, 0.3) is 5.91 Å². The maximum Gasteiger partial charge on any atom is 0.276 e. The Hall–Kier alpha value is -1.40. The molecule has 2 saturated heterocycles. The van der Waals surface area contributed by atoms with Gasteiger partial charge in [-0.05, 0) is 63.8 Å². The number of piperidine rings is 1. The monoisotopic (exact) mass is 373 g/mol. The second-order valence-corrected chi connectivity index (χ2v) is 9.18. The molecule has 0 unspecified atom stereocenters. The number of ether oxygens (including phenoxy) is 1. The second-order valence-electron chi connectivity index (χ2n) is 9.18. The predicted molar refractivity (Wildman–Crippen MR) is 101 cm³/mol. The van der Waals surface area contributed by atoms with E-state index in [0.29, 0.717) is 17.5 Å². The van der Waals surface area contributed by atoms with Crippen LogP contribution in [0.3, 0.4) is 0 Å². The maximum atomic E-state index is 12.9. The third-order valence-corrected chi connectivity index (χ3v) is 6.86. The molecule has 2 aliphatic heterocycles. The van der Waals surface area contributed by atoms with Gasteiger partial charge in [-0.15, -0.1) is 0 Å². The van der Waals surface area contributed by atoms with Gasteiger partial charge in [0, 0.05) is 44.8 Å². The number of amides is 1. The molecule has 5 rings (SSSR count). The lowest BCUT2D eigenvalue weighted by atomic mass is 9.74. The molecule has 148 valence electrons. The first-order valence-corrected chi connectivity index (χ1v) is 10.8. The van der Waals surface area contributed by atoms with Crippen molar-refractivity contribution in [3.8, 4) is 0 Å². The molecule has 2 aliphatic carbocycles. The minimum Gasteiger partial charge on any atom is -0.381 e. The molecule has 0 radical (unpaired) electrons. The highest BCUT2D eigenvalue weighted by Crippen LogP contribution is 2.43. The van der Waals surface area contributed by atoms with Gasteiger partial charge in [0.2, 0.25) is 0 Å². The number of hydrogen-bond acceptors (Lipinski definition) is 5. The Labute approximate surface area is 161 Å². The van der Waals surface area contributed by atoms with Crippen molar-refractivity contribution in [1.29, 1.82) is 0 Å². The zero-order valence-corrected chi connectivity index (χ0v) is 16.4. The Kier molecular flexibility index (Phi) is 4.51. The van der Waals surface area contributed by atoms with E-state index in [1.54, 1.807) is 0 Å². The first-order chi connectivity index (χ1) is 13.2. The smallest absolute Gasteiger partial charge is 0.276 e. The van der Waals surface area contributed by atoms with E-state index in [0.717, 1.165) is 63.8 Å². The van der Waals surface area contributed by atoms with E-state index in [9.17, 15) is 4.79 Å². The van der Waals surface area contributed by atoms with Crippen LogP contribution in [0.4, 0.5) is 0 Å². The van der Waals surface area contributed by atoms with E-state index in [1.165, 1.54) is 25.8 Å². The quantitative estimate of drug-likeness (QED) is 0.735. The molecule has 4 aliphatic rings. The zero-order chi connectivity index (χ0) is 18.4. The summed E-state index contributed by atoms with van der Waals surface area (Å²) in [5.41, 5.74) is 0.642. The van der Waals surface area contributed by atoms with Crippen molar-refractivity contribution in [2.45, 2.75) is 56.9 Å². The summed E-state index contributed by atoms with van der Waals surface area (Å²) in [5, 5.41) is 4.05. The molecule has 6 nitrogen and oxygen atoms in total. The van der Waals surface area contributed by atoms with Crippen molar-refractivity contribution in [3.05, 3.63) is 17.5 Å². The van der Waals surface area contributed by atoms with Crippen molar-refractivity contribution in [2.75, 3.05) is 39.4 Å². The summed E-state index contributed by atoms with van der Waals surface area (Å²) in [4.78, 5) is 17.5. The Morgan fingerprint density at radius 3 is 2.78 bits per heavy atom. The Morgan fingerprint density at radius 2 is 2.07 bits per heavy atom. The van der Waals surface area contributed by atoms with Gasteiger partial charge >= 0.3 is 0 Å². The van der Waals surface area contributed by atoms with Crippen molar-refractivity contribution < 1.29 is 14.1 Å². The lowest BCUT2D eigenvalue weighted by molar-refractivity contribution is -0.0889. The highest BCUT2D eigenvalue weighted by molar-refractivity contribution is 5.93. The van der Waals surface area contributed by atoms with Crippen LogP contribution in [-0.2, 0) is 4.74 Å². The fraction of sp³-hybridized carbons (Fsp3) is 0.810. The van der Waals surface area contributed by atoms with Gasteiger partial charge in [-0.2, -0.15) is 0 Å². The Bertz CT molecular complexity index is 689. The van der Waals surface area contributed by atoms with Gasteiger partial charge in [0.15, 0.2) is 5.69 Å². The van der Waals surface area contributed by atoms with E-state index in [-0.39, 0.29) is 11.4 Å². The number of carbonyl (C=O) groups excluding carboxylic acids is 1. The molecule has 1 amide bonds. The standard InChI is InChI=1S/C21H31N3O3/c1-2-26-12-16-7-8-24(11-15-3-4-15)21(10-16)13-23(14-21)20(25)18-9-19(27-22-18)17-5-6-17/h9,15-17H,2-8,10-14H2,1H3/t16-/m1/s1. The number of hydrogen-bond donors (Lipinski definition) is 0. The highest BCUT2D eigenvalue weighted by Gasteiger charge is 2.53. The van der Waals surface area contributed by atoms with Gasteiger partial charge in [-0.3, -0.25) is 9.69 Å². The van der Waals surface area contributed by atoms with Crippen LogP contribution in [0.2, 0.25) is 0 Å². The SMILES string of the molecule is CCOC[C@@H]1CCN(CC2CC2)C2(C1)CN(C(=O)c1cc(C3CC3)on1)C2. The summed E-state index contributed by atoms with van der Waals surface area (Å²) in [5.74, 6) is 2.92. The Balaban J connectivity index is 1.24. The normalized spacial score (nSPS) is 27.7. The third kappa shape index (κ3) is 3.54. The Morgan fingerprint density at radius 1 is 1.26 bits per heavy atom. The van der Waals surface area contributed by atoms with E-state index in [4.69, 9.17) is 9.26 Å². The molecule has 1 spiro atoms. The molecule has 6 heteroatoms. The van der Waals surface area contributed by atoms with Crippen LogP contribution in [0.5, 0.6) is 0 Å². The summed E-state index contributed by atoms with van der Waals surface area (Å²) >= 11 is 0. The van der Waals surface area contributed by atoms with E-state index in [1.807, 2.05) is 11.0 Å². The van der Waals surface area contributed by atoms with E-state index >= 15 is 0 Å². The number of rotatable bonds is 7. The second kappa shape index (κ2) is 6.89. The molecule has 2 saturated carbocycles. The molecule has 1 atom stereocenters. The van der Waals surface area contributed by atoms with Crippen LogP contribution in [-0.4, -0.2) is 65.8 Å². The summed E-state index contributed by atoms with van der Waals surface area (Å²) in [6.07, 6.45) is 7.44. The van der Waals surface area contributed by atoms with Gasteiger partial charge in [0.05, 0.1) is 5.54 Å². The van der Waals surface area contributed by atoms with Crippen molar-refractivity contribution in [1.82, 2.24) is 15.0 Å². The molecule has 1 aromatic rings. The molecule has 1 aromatic heterocycles. The number of nitrogens with zero attached hydrogens (tertiary/aromatic N) is 3. The van der Waals surface area contributed by atoms with Crippen molar-refractivity contribution in [3.63, 3.8) is 0 Å². The summed E-state index contributed by atoms with van der Waals surface area (Å²) in [6, 6.07) is 1.87. The molecule has 0 aromatic carbocycles. The first kappa shape index (κ1) is 17.7. The highest BCUT2D eigenvalue weighted by atomic mass is 16.5. The molecule has 27 heavy (non-hydrogen) atoms. The number of likely N-dealkylation sites (tertiary alicyclic amines) is 2. The fourth-order valence-electron chi connectivity index (χ4n) is 4.92. The van der Waals surface area contributed by atoms with E-state index < -0.39 is 0 Å². The van der Waals surface area contributed by atoms with Crippen LogP contribution in [0, 0.1) is 11.8 Å². The maximum absolute atomic E-state index is 12.9. The number of carbonyl (C=O) groups is 1. The zero-order valence-electron chi connectivity index (χ0n) is 16.4. The average molecular weight is 373 g/mol. The lowest BCUT2D eigenvalue weighted by Crippen LogP contribution is -2.73. The summed E-state index contributed by atoms with van der Waals surface area (Å²) < 4.78 is 11.1. The van der Waals surface area contributed by atoms with Gasteiger partial charge in [0.1, 0.15) is 5.76 Å². The minimum atomic E-state index is 0.0366.